The molecule has 3 rings (SSSR count). The van der Waals surface area contributed by atoms with E-state index in [0.29, 0.717) is 12.3 Å². The van der Waals surface area contributed by atoms with Crippen LogP contribution in [0.4, 0.5) is 0 Å². The molecule has 1 aliphatic carbocycles. The number of methoxy groups -OCH3 is 1. The molecule has 1 saturated carbocycles. The monoisotopic (exact) mass is 261 g/mol. The van der Waals surface area contributed by atoms with Gasteiger partial charge in [0.15, 0.2) is 0 Å². The number of aromatic hydroxyl groups is 1. The molecule has 1 N–H and O–H groups in total. The molecule has 4 nitrogen and oxygen atoms in total. The largest absolute Gasteiger partial charge is 0.508 e. The van der Waals surface area contributed by atoms with Gasteiger partial charge in [0.25, 0.3) is 0 Å². The van der Waals surface area contributed by atoms with Crippen LogP contribution in [0, 0.1) is 0 Å². The van der Waals surface area contributed by atoms with Gasteiger partial charge in [0, 0.05) is 12.1 Å². The fraction of sp³-hybridized carbons (Fsp3) is 0.533. The second-order valence-electron chi connectivity index (χ2n) is 5.60. The first-order chi connectivity index (χ1) is 9.13. The molecule has 0 radical (unpaired) electrons. The van der Waals surface area contributed by atoms with E-state index in [-0.39, 0.29) is 11.5 Å². The summed E-state index contributed by atoms with van der Waals surface area (Å²) in [6.45, 7) is 1.25. The third-order valence-electron chi connectivity index (χ3n) is 4.41. The zero-order valence-electron chi connectivity index (χ0n) is 11.2. The van der Waals surface area contributed by atoms with Crippen LogP contribution in [0.2, 0.25) is 0 Å². The van der Waals surface area contributed by atoms with Crippen LogP contribution in [0.15, 0.2) is 18.2 Å². The van der Waals surface area contributed by atoms with Crippen LogP contribution in [-0.4, -0.2) is 41.7 Å². The van der Waals surface area contributed by atoms with Gasteiger partial charge < -0.3 is 9.84 Å². The number of benzene rings is 1. The molecule has 1 fully saturated rings. The number of hydrogen-bond donors (Lipinski definition) is 1. The molecule has 0 aromatic heterocycles. The molecule has 1 aromatic carbocycles. The lowest BCUT2D eigenvalue weighted by atomic mass is 9.99. The van der Waals surface area contributed by atoms with Crippen molar-refractivity contribution in [3.8, 4) is 5.75 Å². The highest BCUT2D eigenvalue weighted by Gasteiger charge is 2.49. The van der Waals surface area contributed by atoms with Crippen LogP contribution in [0.25, 0.3) is 0 Å². The van der Waals surface area contributed by atoms with E-state index in [0.717, 1.165) is 32.2 Å². The van der Waals surface area contributed by atoms with Crippen LogP contribution in [-0.2, 0) is 22.4 Å². The lowest BCUT2D eigenvalue weighted by Gasteiger charge is -2.28. The minimum atomic E-state index is -0.167. The van der Waals surface area contributed by atoms with Gasteiger partial charge in [0.2, 0.25) is 0 Å². The second kappa shape index (κ2) is 4.53. The van der Waals surface area contributed by atoms with Gasteiger partial charge in [-0.05, 0) is 48.9 Å². The van der Waals surface area contributed by atoms with Crippen molar-refractivity contribution in [1.82, 2.24) is 4.90 Å². The van der Waals surface area contributed by atoms with E-state index in [1.807, 2.05) is 12.1 Å². The lowest BCUT2D eigenvalue weighted by molar-refractivity contribution is -0.142. The van der Waals surface area contributed by atoms with Crippen molar-refractivity contribution in [2.45, 2.75) is 31.2 Å². The van der Waals surface area contributed by atoms with E-state index in [2.05, 4.69) is 4.90 Å². The van der Waals surface area contributed by atoms with Crippen molar-refractivity contribution in [2.24, 2.45) is 0 Å². The van der Waals surface area contributed by atoms with Gasteiger partial charge >= 0.3 is 5.97 Å². The first kappa shape index (κ1) is 12.5. The molecule has 1 aromatic rings. The smallest absolute Gasteiger partial charge is 0.319 e. The molecule has 0 saturated heterocycles. The molecule has 0 amide bonds. The molecule has 1 aliphatic heterocycles. The molecule has 1 spiro atoms. The minimum absolute atomic E-state index is 0.118. The maximum absolute atomic E-state index is 11.5. The number of phenols is 1. The zero-order chi connectivity index (χ0) is 13.5. The first-order valence-electron chi connectivity index (χ1n) is 6.76. The zero-order valence-corrected chi connectivity index (χ0v) is 11.2. The van der Waals surface area contributed by atoms with Crippen LogP contribution in [0.3, 0.4) is 0 Å². The third kappa shape index (κ3) is 2.32. The maximum Gasteiger partial charge on any atom is 0.319 e. The molecule has 0 bridgehead atoms. The van der Waals surface area contributed by atoms with Crippen molar-refractivity contribution in [3.05, 3.63) is 29.3 Å². The summed E-state index contributed by atoms with van der Waals surface area (Å²) >= 11 is 0. The molecule has 19 heavy (non-hydrogen) atoms. The molecular weight excluding hydrogens is 242 g/mol. The highest BCUT2D eigenvalue weighted by Crippen LogP contribution is 2.46. The molecule has 0 atom stereocenters. The number of phenolic OH excluding ortho intramolecular Hbond substituents is 1. The van der Waals surface area contributed by atoms with E-state index in [9.17, 15) is 9.90 Å². The number of nitrogens with zero attached hydrogens (tertiary/aromatic N) is 1. The van der Waals surface area contributed by atoms with Gasteiger partial charge in [0.05, 0.1) is 13.7 Å². The summed E-state index contributed by atoms with van der Waals surface area (Å²) in [5.41, 5.74) is 2.63. The van der Waals surface area contributed by atoms with Gasteiger partial charge in [-0.15, -0.1) is 0 Å². The summed E-state index contributed by atoms with van der Waals surface area (Å²) in [4.78, 5) is 13.8. The van der Waals surface area contributed by atoms with Crippen LogP contribution in [0.5, 0.6) is 5.75 Å². The predicted molar refractivity (Wildman–Crippen MR) is 71.1 cm³/mol. The van der Waals surface area contributed by atoms with Gasteiger partial charge in [-0.1, -0.05) is 6.07 Å². The Morgan fingerprint density at radius 3 is 2.89 bits per heavy atom. The molecule has 102 valence electrons. The Hall–Kier alpha value is -1.55. The Bertz CT molecular complexity index is 508. The average molecular weight is 261 g/mol. The van der Waals surface area contributed by atoms with Crippen molar-refractivity contribution >= 4 is 5.97 Å². The minimum Gasteiger partial charge on any atom is -0.508 e. The highest BCUT2D eigenvalue weighted by molar-refractivity contribution is 5.71. The third-order valence-corrected chi connectivity index (χ3v) is 4.41. The van der Waals surface area contributed by atoms with Crippen molar-refractivity contribution in [2.75, 3.05) is 20.2 Å². The van der Waals surface area contributed by atoms with Crippen molar-refractivity contribution < 1.29 is 14.6 Å². The fourth-order valence-corrected chi connectivity index (χ4v) is 3.08. The standard InChI is InChI=1S/C15H19NO3/c1-19-14(18)10-16-7-4-11-2-3-13(17)8-12(11)9-15(16)5-6-15/h2-3,8,17H,4-7,9-10H2,1H3. The summed E-state index contributed by atoms with van der Waals surface area (Å²) in [5, 5.41) is 9.63. The fourth-order valence-electron chi connectivity index (χ4n) is 3.08. The predicted octanol–water partition coefficient (Wildman–Crippen LogP) is 1.50. The van der Waals surface area contributed by atoms with Crippen LogP contribution < -0.4 is 0 Å². The quantitative estimate of drug-likeness (QED) is 0.820. The first-order valence-corrected chi connectivity index (χ1v) is 6.76. The topological polar surface area (TPSA) is 49.8 Å². The molecule has 0 unspecified atom stereocenters. The van der Waals surface area contributed by atoms with Gasteiger partial charge in [0.1, 0.15) is 5.75 Å². The Balaban J connectivity index is 1.85. The lowest BCUT2D eigenvalue weighted by Crippen LogP contribution is -2.42. The summed E-state index contributed by atoms with van der Waals surface area (Å²) in [7, 11) is 1.44. The van der Waals surface area contributed by atoms with Crippen molar-refractivity contribution in [1.29, 1.82) is 0 Å². The van der Waals surface area contributed by atoms with Crippen LogP contribution >= 0.6 is 0 Å². The van der Waals surface area contributed by atoms with E-state index >= 15 is 0 Å². The SMILES string of the molecule is COC(=O)CN1CCc2ccc(O)cc2CC12CC2. The second-order valence-corrected chi connectivity index (χ2v) is 5.60. The normalized spacial score (nSPS) is 20.7. The van der Waals surface area contributed by atoms with E-state index in [1.54, 1.807) is 6.07 Å². The number of fused-ring (bicyclic) bond motifs is 1. The van der Waals surface area contributed by atoms with Crippen LogP contribution in [0.1, 0.15) is 24.0 Å². The molecule has 4 heteroatoms. The molecule has 1 heterocycles. The Morgan fingerprint density at radius 2 is 2.21 bits per heavy atom. The van der Waals surface area contributed by atoms with E-state index in [4.69, 9.17) is 4.74 Å². The van der Waals surface area contributed by atoms with Crippen molar-refractivity contribution in [3.63, 3.8) is 0 Å². The Labute approximate surface area is 113 Å². The maximum atomic E-state index is 11.5. The summed E-state index contributed by atoms with van der Waals surface area (Å²) in [5.74, 6) is 0.163. The summed E-state index contributed by atoms with van der Waals surface area (Å²) < 4.78 is 4.79. The molecule has 2 aliphatic rings. The Morgan fingerprint density at radius 1 is 1.42 bits per heavy atom. The number of rotatable bonds is 2. The van der Waals surface area contributed by atoms with Gasteiger partial charge in [-0.3, -0.25) is 9.69 Å². The number of carbonyl (C=O) groups excluding carboxylic acids is 1. The highest BCUT2D eigenvalue weighted by atomic mass is 16.5. The number of carbonyl (C=O) groups is 1. The van der Waals surface area contributed by atoms with Gasteiger partial charge in [-0.2, -0.15) is 0 Å². The number of ether oxygens (including phenoxy) is 1. The Kier molecular flexibility index (Phi) is 2.97. The average Bonchev–Trinajstić information content (AvgIpc) is 3.18. The number of hydrogen-bond acceptors (Lipinski definition) is 4. The van der Waals surface area contributed by atoms with E-state index in [1.165, 1.54) is 18.2 Å². The van der Waals surface area contributed by atoms with E-state index < -0.39 is 0 Å². The molecular formula is C15H19NO3. The summed E-state index contributed by atoms with van der Waals surface area (Å²) in [6, 6.07) is 5.62. The summed E-state index contributed by atoms with van der Waals surface area (Å²) in [6.07, 6.45) is 4.10. The van der Waals surface area contributed by atoms with Gasteiger partial charge in [-0.25, -0.2) is 0 Å². The number of esters is 1.